The number of thiophene rings is 1. The van der Waals surface area contributed by atoms with Crippen molar-refractivity contribution in [3.8, 4) is 0 Å². The highest BCUT2D eigenvalue weighted by Crippen LogP contribution is 2.23. The quantitative estimate of drug-likeness (QED) is 0.802. The summed E-state index contributed by atoms with van der Waals surface area (Å²) < 4.78 is 0. The van der Waals surface area contributed by atoms with Gasteiger partial charge in [0.1, 0.15) is 0 Å². The van der Waals surface area contributed by atoms with Crippen LogP contribution >= 0.6 is 11.3 Å². The number of rotatable bonds is 7. The first-order valence-corrected chi connectivity index (χ1v) is 7.39. The van der Waals surface area contributed by atoms with E-state index in [4.69, 9.17) is 0 Å². The Kier molecular flexibility index (Phi) is 6.17. The lowest BCUT2D eigenvalue weighted by atomic mass is 10.2. The zero-order valence-corrected chi connectivity index (χ0v) is 12.7. The van der Waals surface area contributed by atoms with Crippen molar-refractivity contribution >= 4 is 11.3 Å². The Morgan fingerprint density at radius 3 is 2.71 bits per heavy atom. The van der Waals surface area contributed by atoms with Crippen molar-refractivity contribution in [1.29, 1.82) is 0 Å². The van der Waals surface area contributed by atoms with Crippen LogP contribution in [0.2, 0.25) is 0 Å². The lowest BCUT2D eigenvalue weighted by Gasteiger charge is -2.23. The minimum Gasteiger partial charge on any atom is -0.312 e. The Labute approximate surface area is 110 Å². The average Bonchev–Trinajstić information content (AvgIpc) is 2.66. The van der Waals surface area contributed by atoms with Gasteiger partial charge in [0.2, 0.25) is 0 Å². The molecule has 1 rings (SSSR count). The minimum absolute atomic E-state index is 0.659. The maximum atomic E-state index is 3.39. The van der Waals surface area contributed by atoms with Gasteiger partial charge in [-0.1, -0.05) is 13.8 Å². The fourth-order valence-corrected chi connectivity index (χ4v) is 2.84. The molecule has 0 aliphatic heterocycles. The maximum Gasteiger partial charge on any atom is 0.0299 e. The molecule has 1 heterocycles. The lowest BCUT2D eigenvalue weighted by molar-refractivity contribution is 0.243. The topological polar surface area (TPSA) is 15.3 Å². The van der Waals surface area contributed by atoms with Crippen LogP contribution < -0.4 is 5.32 Å². The summed E-state index contributed by atoms with van der Waals surface area (Å²) >= 11 is 1.93. The Morgan fingerprint density at radius 1 is 1.41 bits per heavy atom. The Morgan fingerprint density at radius 2 is 2.12 bits per heavy atom. The van der Waals surface area contributed by atoms with E-state index in [2.05, 4.69) is 51.0 Å². The molecule has 17 heavy (non-hydrogen) atoms. The van der Waals surface area contributed by atoms with Crippen LogP contribution in [0.3, 0.4) is 0 Å². The molecule has 1 atom stereocenters. The van der Waals surface area contributed by atoms with Gasteiger partial charge in [-0.3, -0.25) is 4.90 Å². The predicted octanol–water partition coefficient (Wildman–Crippen LogP) is 3.40. The van der Waals surface area contributed by atoms with Gasteiger partial charge in [-0.05, 0) is 45.5 Å². The zero-order chi connectivity index (χ0) is 12.8. The molecule has 1 N–H and O–H groups in total. The van der Waals surface area contributed by atoms with Gasteiger partial charge in [-0.25, -0.2) is 0 Å². The van der Waals surface area contributed by atoms with Crippen LogP contribution in [0, 0.1) is 6.92 Å². The molecule has 0 saturated heterocycles. The third-order valence-electron chi connectivity index (χ3n) is 3.38. The van der Waals surface area contributed by atoms with Crippen LogP contribution in [0.15, 0.2) is 6.07 Å². The van der Waals surface area contributed by atoms with E-state index in [1.165, 1.54) is 21.7 Å². The standard InChI is InChI=1S/C14H26N2S/c1-6-11(3)16(5)10-13-8-14(9-15-7-2)17-12(13)4/h8,11,15H,6-7,9-10H2,1-5H3. The van der Waals surface area contributed by atoms with Gasteiger partial charge in [0, 0.05) is 28.9 Å². The van der Waals surface area contributed by atoms with Crippen LogP contribution in [-0.4, -0.2) is 24.5 Å². The highest BCUT2D eigenvalue weighted by atomic mass is 32.1. The molecule has 0 saturated carbocycles. The van der Waals surface area contributed by atoms with Crippen molar-refractivity contribution in [2.45, 2.75) is 53.2 Å². The third-order valence-corrected chi connectivity index (χ3v) is 4.48. The summed E-state index contributed by atoms with van der Waals surface area (Å²) in [5, 5.41) is 3.39. The molecule has 1 aromatic heterocycles. The highest BCUT2D eigenvalue weighted by Gasteiger charge is 2.11. The van der Waals surface area contributed by atoms with Crippen LogP contribution in [0.25, 0.3) is 0 Å². The first-order chi connectivity index (χ1) is 8.08. The van der Waals surface area contributed by atoms with Gasteiger partial charge >= 0.3 is 0 Å². The smallest absolute Gasteiger partial charge is 0.0299 e. The Hall–Kier alpha value is -0.380. The normalized spacial score (nSPS) is 13.3. The molecule has 0 bridgehead atoms. The van der Waals surface area contributed by atoms with Gasteiger partial charge in [-0.15, -0.1) is 11.3 Å². The van der Waals surface area contributed by atoms with Crippen molar-refractivity contribution in [1.82, 2.24) is 10.2 Å². The summed E-state index contributed by atoms with van der Waals surface area (Å²) in [7, 11) is 2.22. The summed E-state index contributed by atoms with van der Waals surface area (Å²) in [4.78, 5) is 5.36. The largest absolute Gasteiger partial charge is 0.312 e. The summed E-state index contributed by atoms with van der Waals surface area (Å²) in [5.41, 5.74) is 1.49. The molecule has 0 aliphatic carbocycles. The molecule has 0 radical (unpaired) electrons. The van der Waals surface area contributed by atoms with Crippen molar-refractivity contribution in [2.24, 2.45) is 0 Å². The van der Waals surface area contributed by atoms with E-state index in [-0.39, 0.29) is 0 Å². The fourth-order valence-electron chi connectivity index (χ4n) is 1.82. The third kappa shape index (κ3) is 4.41. The van der Waals surface area contributed by atoms with E-state index in [9.17, 15) is 0 Å². The maximum absolute atomic E-state index is 3.39. The first-order valence-electron chi connectivity index (χ1n) is 6.57. The monoisotopic (exact) mass is 254 g/mol. The van der Waals surface area contributed by atoms with E-state index in [1.807, 2.05) is 11.3 Å². The van der Waals surface area contributed by atoms with Gasteiger partial charge in [-0.2, -0.15) is 0 Å². The van der Waals surface area contributed by atoms with Gasteiger partial charge < -0.3 is 5.32 Å². The fraction of sp³-hybridized carbons (Fsp3) is 0.714. The van der Waals surface area contributed by atoms with Crippen LogP contribution in [-0.2, 0) is 13.1 Å². The van der Waals surface area contributed by atoms with Crippen molar-refractivity contribution in [3.05, 3.63) is 21.4 Å². The van der Waals surface area contributed by atoms with E-state index >= 15 is 0 Å². The van der Waals surface area contributed by atoms with E-state index < -0.39 is 0 Å². The summed E-state index contributed by atoms with van der Waals surface area (Å²) in [5.74, 6) is 0. The van der Waals surface area contributed by atoms with E-state index in [1.54, 1.807) is 0 Å². The number of nitrogens with one attached hydrogen (secondary N) is 1. The van der Waals surface area contributed by atoms with E-state index in [0.717, 1.165) is 19.6 Å². The molecule has 98 valence electrons. The SMILES string of the molecule is CCNCc1cc(CN(C)C(C)CC)c(C)s1. The van der Waals surface area contributed by atoms with Crippen molar-refractivity contribution in [3.63, 3.8) is 0 Å². The number of nitrogens with zero attached hydrogens (tertiary/aromatic N) is 1. The second-order valence-corrected chi connectivity index (χ2v) is 6.09. The van der Waals surface area contributed by atoms with Crippen LogP contribution in [0.1, 0.15) is 42.5 Å². The van der Waals surface area contributed by atoms with Crippen LogP contribution in [0.5, 0.6) is 0 Å². The molecule has 2 nitrogen and oxygen atoms in total. The zero-order valence-electron chi connectivity index (χ0n) is 11.8. The Balaban J connectivity index is 2.61. The molecule has 3 heteroatoms. The summed E-state index contributed by atoms with van der Waals surface area (Å²) in [6.07, 6.45) is 1.21. The minimum atomic E-state index is 0.659. The molecule has 0 aliphatic rings. The van der Waals surface area contributed by atoms with Gasteiger partial charge in [0.25, 0.3) is 0 Å². The highest BCUT2D eigenvalue weighted by molar-refractivity contribution is 7.12. The average molecular weight is 254 g/mol. The summed E-state index contributed by atoms with van der Waals surface area (Å²) in [6.45, 7) is 12.1. The molecule has 0 spiro atoms. The van der Waals surface area contributed by atoms with Crippen molar-refractivity contribution in [2.75, 3.05) is 13.6 Å². The molecule has 1 unspecified atom stereocenters. The van der Waals surface area contributed by atoms with Crippen molar-refractivity contribution < 1.29 is 0 Å². The molecule has 0 fully saturated rings. The number of hydrogen-bond acceptors (Lipinski definition) is 3. The second-order valence-electron chi connectivity index (χ2n) is 4.75. The first kappa shape index (κ1) is 14.7. The molecular formula is C14H26N2S. The molecule has 1 aromatic rings. The second kappa shape index (κ2) is 7.14. The Bertz CT molecular complexity index is 333. The van der Waals surface area contributed by atoms with Crippen LogP contribution in [0.4, 0.5) is 0 Å². The predicted molar refractivity (Wildman–Crippen MR) is 77.7 cm³/mol. The molecule has 0 aromatic carbocycles. The lowest BCUT2D eigenvalue weighted by Crippen LogP contribution is -2.27. The number of aryl methyl sites for hydroxylation is 1. The summed E-state index contributed by atoms with van der Waals surface area (Å²) in [6, 6.07) is 3.02. The van der Waals surface area contributed by atoms with Gasteiger partial charge in [0.05, 0.1) is 0 Å². The number of hydrogen-bond donors (Lipinski definition) is 1. The van der Waals surface area contributed by atoms with Gasteiger partial charge in [0.15, 0.2) is 0 Å². The van der Waals surface area contributed by atoms with E-state index in [0.29, 0.717) is 6.04 Å². The molecule has 0 amide bonds. The molecular weight excluding hydrogens is 228 g/mol.